The number of carbonyl (C=O) groups is 2. The summed E-state index contributed by atoms with van der Waals surface area (Å²) in [5.74, 6) is -1.71. The van der Waals surface area contributed by atoms with Crippen molar-refractivity contribution in [2.24, 2.45) is 7.05 Å². The van der Waals surface area contributed by atoms with Crippen LogP contribution in [-0.4, -0.2) is 56.0 Å². The molecule has 0 atom stereocenters. The predicted octanol–water partition coefficient (Wildman–Crippen LogP) is 5.57. The van der Waals surface area contributed by atoms with Crippen molar-refractivity contribution in [1.29, 1.82) is 0 Å². The van der Waals surface area contributed by atoms with E-state index < -0.39 is 23.4 Å². The molecule has 0 spiro atoms. The lowest BCUT2D eigenvalue weighted by Crippen LogP contribution is -2.13. The highest BCUT2D eigenvalue weighted by Crippen LogP contribution is 2.43. The highest BCUT2D eigenvalue weighted by Gasteiger charge is 2.26. The van der Waals surface area contributed by atoms with Gasteiger partial charge in [-0.2, -0.15) is 0 Å². The van der Waals surface area contributed by atoms with Gasteiger partial charge in [-0.05, 0) is 94.0 Å². The average Bonchev–Trinajstić information content (AvgIpc) is 3.26. The molecule has 0 radical (unpaired) electrons. The monoisotopic (exact) mass is 577 g/mol. The molecule has 10 heteroatoms. The number of hydrogen-bond donors (Lipinski definition) is 2. The van der Waals surface area contributed by atoms with Crippen LogP contribution in [-0.2, 0) is 29.4 Å². The van der Waals surface area contributed by atoms with Gasteiger partial charge in [-0.1, -0.05) is 0 Å². The van der Waals surface area contributed by atoms with E-state index in [0.717, 1.165) is 22.9 Å². The van der Waals surface area contributed by atoms with E-state index in [9.17, 15) is 14.7 Å². The third-order valence-electron chi connectivity index (χ3n) is 7.01. The summed E-state index contributed by atoms with van der Waals surface area (Å²) in [5.41, 5.74) is 5.74. The van der Waals surface area contributed by atoms with E-state index in [1.165, 1.54) is 25.4 Å². The fraction of sp³-hybridized carbons (Fsp3) is 0.375. The summed E-state index contributed by atoms with van der Waals surface area (Å²) in [6.07, 6.45) is 2.90. The number of aliphatic hydroxyl groups is 1. The van der Waals surface area contributed by atoms with Gasteiger partial charge in [0, 0.05) is 35.5 Å². The van der Waals surface area contributed by atoms with E-state index in [1.54, 1.807) is 26.8 Å². The second-order valence-electron chi connectivity index (χ2n) is 11.3. The Hall–Kier alpha value is -4.31. The van der Waals surface area contributed by atoms with Gasteiger partial charge in [0.15, 0.2) is 11.6 Å². The molecule has 0 fully saturated rings. The SMILES string of the molecule is CC(C)(C)O.COC(=O)Cc1c(C)nc2c(cc(-c3ccnc(C(=O)O)c3)n2C)c1-c1cc(F)c2c(c1C)CCCO2. The lowest BCUT2D eigenvalue weighted by molar-refractivity contribution is -0.139. The summed E-state index contributed by atoms with van der Waals surface area (Å²) < 4.78 is 27.8. The van der Waals surface area contributed by atoms with Crippen molar-refractivity contribution in [2.45, 2.75) is 59.5 Å². The molecule has 9 nitrogen and oxygen atoms in total. The first-order valence-electron chi connectivity index (χ1n) is 13.6. The summed E-state index contributed by atoms with van der Waals surface area (Å²) in [7, 11) is 3.16. The number of carboxylic acid groups (broad SMARTS) is 1. The standard InChI is InChI=1S/C28H26FN3O5.C4H10O/c1-14-17-6-5-9-37-26(17)21(29)11-18(14)25-19(13-24(33)36-4)15(2)31-27-20(25)12-23(32(27)3)16-7-8-30-22(10-16)28(34)35;1-4(2,3)5/h7-8,10-12H,5-6,9,13H2,1-4H3,(H,34,35);5H,1-3H3. The molecule has 0 aliphatic carbocycles. The number of nitrogens with zero attached hydrogens (tertiary/aromatic N) is 3. The second kappa shape index (κ2) is 11.9. The number of aryl methyl sites for hydroxylation is 2. The van der Waals surface area contributed by atoms with Crippen LogP contribution >= 0.6 is 0 Å². The summed E-state index contributed by atoms with van der Waals surface area (Å²) in [6.45, 7) is 9.46. The number of fused-ring (bicyclic) bond motifs is 2. The van der Waals surface area contributed by atoms with Gasteiger partial charge in [0.05, 0.1) is 31.4 Å². The Morgan fingerprint density at radius 3 is 2.52 bits per heavy atom. The van der Waals surface area contributed by atoms with Crippen LogP contribution in [0.2, 0.25) is 0 Å². The number of halogens is 1. The molecule has 0 amide bonds. The third-order valence-corrected chi connectivity index (χ3v) is 7.01. The molecular weight excluding hydrogens is 541 g/mol. The van der Waals surface area contributed by atoms with E-state index in [-0.39, 0.29) is 17.9 Å². The van der Waals surface area contributed by atoms with Crippen molar-refractivity contribution in [3.8, 4) is 28.1 Å². The summed E-state index contributed by atoms with van der Waals surface area (Å²) in [6, 6.07) is 6.59. The Morgan fingerprint density at radius 1 is 1.19 bits per heavy atom. The van der Waals surface area contributed by atoms with Crippen LogP contribution in [0, 0.1) is 19.7 Å². The molecule has 1 aliphatic heterocycles. The molecule has 4 heterocycles. The number of carboxylic acids is 1. The minimum absolute atomic E-state index is 0.0299. The van der Waals surface area contributed by atoms with Crippen LogP contribution < -0.4 is 4.74 Å². The molecule has 0 bridgehead atoms. The Labute approximate surface area is 243 Å². The smallest absolute Gasteiger partial charge is 0.354 e. The zero-order chi connectivity index (χ0) is 30.9. The first-order chi connectivity index (χ1) is 19.7. The molecule has 4 aromatic rings. The molecule has 5 rings (SSSR count). The maximum atomic E-state index is 15.3. The molecule has 1 aromatic carbocycles. The normalized spacial score (nSPS) is 12.7. The van der Waals surface area contributed by atoms with Gasteiger partial charge < -0.3 is 24.3 Å². The predicted molar refractivity (Wildman–Crippen MR) is 157 cm³/mol. The molecule has 2 N–H and O–H groups in total. The van der Waals surface area contributed by atoms with Gasteiger partial charge in [-0.3, -0.25) is 4.79 Å². The third kappa shape index (κ3) is 6.28. The number of aromatic carboxylic acids is 1. The molecule has 0 unspecified atom stereocenters. The number of esters is 1. The van der Waals surface area contributed by atoms with Crippen LogP contribution in [0.15, 0.2) is 30.5 Å². The summed E-state index contributed by atoms with van der Waals surface area (Å²) in [4.78, 5) is 32.7. The number of rotatable bonds is 5. The Bertz CT molecular complexity index is 1680. The molecule has 222 valence electrons. The average molecular weight is 578 g/mol. The topological polar surface area (TPSA) is 124 Å². The molecule has 42 heavy (non-hydrogen) atoms. The zero-order valence-electron chi connectivity index (χ0n) is 25.0. The van der Waals surface area contributed by atoms with Crippen LogP contribution in [0.5, 0.6) is 5.75 Å². The van der Waals surface area contributed by atoms with Crippen LogP contribution in [0.3, 0.4) is 0 Å². The Morgan fingerprint density at radius 2 is 1.88 bits per heavy atom. The van der Waals surface area contributed by atoms with Gasteiger partial charge in [0.2, 0.25) is 0 Å². The number of ether oxygens (including phenoxy) is 2. The van der Waals surface area contributed by atoms with Gasteiger partial charge in [-0.25, -0.2) is 19.2 Å². The Kier molecular flexibility index (Phi) is 8.68. The van der Waals surface area contributed by atoms with Crippen molar-refractivity contribution >= 4 is 23.0 Å². The van der Waals surface area contributed by atoms with E-state index in [0.29, 0.717) is 52.3 Å². The van der Waals surface area contributed by atoms with Gasteiger partial charge >= 0.3 is 11.9 Å². The number of hydrogen-bond acceptors (Lipinski definition) is 7. The van der Waals surface area contributed by atoms with E-state index in [1.807, 2.05) is 31.5 Å². The largest absolute Gasteiger partial charge is 0.490 e. The van der Waals surface area contributed by atoms with Crippen molar-refractivity contribution < 1.29 is 33.7 Å². The lowest BCUT2D eigenvalue weighted by Gasteiger charge is -2.23. The van der Waals surface area contributed by atoms with Gasteiger partial charge in [-0.15, -0.1) is 0 Å². The first kappa shape index (κ1) is 30.6. The number of aromatic nitrogens is 3. The van der Waals surface area contributed by atoms with Crippen LogP contribution in [0.1, 0.15) is 60.1 Å². The van der Waals surface area contributed by atoms with Crippen LogP contribution in [0.25, 0.3) is 33.4 Å². The van der Waals surface area contributed by atoms with E-state index in [2.05, 4.69) is 4.98 Å². The van der Waals surface area contributed by atoms with Crippen molar-refractivity contribution in [3.63, 3.8) is 0 Å². The second-order valence-corrected chi connectivity index (χ2v) is 11.3. The number of pyridine rings is 2. The number of carbonyl (C=O) groups excluding carboxylic acids is 1. The quantitative estimate of drug-likeness (QED) is 0.295. The summed E-state index contributed by atoms with van der Waals surface area (Å²) >= 11 is 0. The fourth-order valence-electron chi connectivity index (χ4n) is 5.12. The minimum atomic E-state index is -1.13. The van der Waals surface area contributed by atoms with Gasteiger partial charge in [0.1, 0.15) is 11.3 Å². The zero-order valence-corrected chi connectivity index (χ0v) is 25.0. The van der Waals surface area contributed by atoms with E-state index in [4.69, 9.17) is 19.6 Å². The Balaban J connectivity index is 0.000000748. The highest BCUT2D eigenvalue weighted by atomic mass is 19.1. The molecule has 0 saturated carbocycles. The van der Waals surface area contributed by atoms with Crippen LogP contribution in [0.4, 0.5) is 4.39 Å². The minimum Gasteiger partial charge on any atom is -0.490 e. The maximum absolute atomic E-state index is 15.3. The molecule has 3 aromatic heterocycles. The van der Waals surface area contributed by atoms with Crippen molar-refractivity contribution in [3.05, 3.63) is 64.4 Å². The van der Waals surface area contributed by atoms with Crippen molar-refractivity contribution in [1.82, 2.24) is 14.5 Å². The number of methoxy groups -OCH3 is 1. The molecule has 0 saturated heterocycles. The lowest BCUT2D eigenvalue weighted by atomic mass is 9.87. The molecule has 1 aliphatic rings. The first-order valence-corrected chi connectivity index (χ1v) is 13.6. The van der Waals surface area contributed by atoms with Crippen molar-refractivity contribution in [2.75, 3.05) is 13.7 Å². The highest BCUT2D eigenvalue weighted by molar-refractivity contribution is 6.01. The van der Waals surface area contributed by atoms with Gasteiger partial charge in [0.25, 0.3) is 0 Å². The summed E-state index contributed by atoms with van der Waals surface area (Å²) in [5, 5.41) is 18.7. The maximum Gasteiger partial charge on any atom is 0.354 e. The number of benzene rings is 1. The fourth-order valence-corrected chi connectivity index (χ4v) is 5.12. The molecular formula is C32H36FN3O6. The van der Waals surface area contributed by atoms with E-state index >= 15 is 4.39 Å².